The summed E-state index contributed by atoms with van der Waals surface area (Å²) in [6.45, 7) is 1.60. The van der Waals surface area contributed by atoms with Crippen molar-refractivity contribution in [3.8, 4) is 11.3 Å². The molecule has 2 amide bonds. The lowest BCUT2D eigenvalue weighted by molar-refractivity contribution is -0.806. The van der Waals surface area contributed by atoms with Crippen LogP contribution in [0.15, 0.2) is 50.0 Å². The van der Waals surface area contributed by atoms with Gasteiger partial charge >= 0.3 is 13.7 Å². The summed E-state index contributed by atoms with van der Waals surface area (Å²) in [5.41, 5.74) is 0.213. The molecule has 3 aromatic heterocycles. The Labute approximate surface area is 264 Å². The summed E-state index contributed by atoms with van der Waals surface area (Å²) >= 11 is 3.73. The normalized spacial score (nSPS) is 21.8. The molecule has 17 nitrogen and oxygen atoms in total. The van der Waals surface area contributed by atoms with Gasteiger partial charge in [0, 0.05) is 40.4 Å². The van der Waals surface area contributed by atoms with Crippen molar-refractivity contribution in [3.05, 3.63) is 51.5 Å². The Morgan fingerprint density at radius 3 is 2.70 bits per heavy atom. The summed E-state index contributed by atoms with van der Waals surface area (Å²) < 4.78 is 15.5. The highest BCUT2D eigenvalue weighted by Gasteiger charge is 2.65. The number of anilines is 1. The van der Waals surface area contributed by atoms with E-state index in [1.165, 1.54) is 11.3 Å². The number of aryl methyl sites for hydroxylation is 1. The van der Waals surface area contributed by atoms with E-state index in [2.05, 4.69) is 24.8 Å². The van der Waals surface area contributed by atoms with Gasteiger partial charge in [0.25, 0.3) is 5.91 Å². The van der Waals surface area contributed by atoms with Crippen molar-refractivity contribution in [3.63, 3.8) is 0 Å². The second kappa shape index (κ2) is 12.6. The fourth-order valence-electron chi connectivity index (χ4n) is 4.12. The van der Waals surface area contributed by atoms with Gasteiger partial charge in [0.2, 0.25) is 22.7 Å². The number of oxime groups is 1. The molecule has 232 valence electrons. The molecular weight excluding hydrogens is 680 g/mol. The van der Waals surface area contributed by atoms with Crippen LogP contribution in [0.3, 0.4) is 0 Å². The molecule has 0 saturated carbocycles. The van der Waals surface area contributed by atoms with Crippen LogP contribution in [0.25, 0.3) is 11.3 Å². The second-order valence-electron chi connectivity index (χ2n) is 9.00. The minimum absolute atomic E-state index is 0.0286. The molecule has 1 unspecified atom stereocenters. The lowest BCUT2D eigenvalue weighted by atomic mass is 10.0. The van der Waals surface area contributed by atoms with E-state index < -0.39 is 53.0 Å². The van der Waals surface area contributed by atoms with Gasteiger partial charge in [-0.25, -0.2) is 23.6 Å². The number of hydrogen-bond acceptors (Lipinski definition) is 15. The van der Waals surface area contributed by atoms with Gasteiger partial charge in [0.05, 0.1) is 10.6 Å². The number of thiazole rings is 1. The fourth-order valence-corrected chi connectivity index (χ4v) is 8.92. The number of amides is 2. The van der Waals surface area contributed by atoms with Gasteiger partial charge in [-0.2, -0.15) is 9.36 Å². The number of quaternary nitrogens is 1. The van der Waals surface area contributed by atoms with E-state index in [9.17, 15) is 29.3 Å². The topological polar surface area (TPSA) is 243 Å². The van der Waals surface area contributed by atoms with Crippen LogP contribution in [0.2, 0.25) is 0 Å². The molecule has 22 heteroatoms. The third-order valence-electron chi connectivity index (χ3n) is 6.05. The largest absolute Gasteiger partial charge is 0.619 e. The molecule has 5 rings (SSSR count). The Bertz CT molecular complexity index is 1740. The molecule has 5 heterocycles. The quantitative estimate of drug-likeness (QED) is 0.0388. The molecule has 1 fully saturated rings. The van der Waals surface area contributed by atoms with Gasteiger partial charge in [0.1, 0.15) is 19.6 Å². The summed E-state index contributed by atoms with van der Waals surface area (Å²) in [6, 6.07) is 2.33. The van der Waals surface area contributed by atoms with Crippen molar-refractivity contribution in [2.24, 2.45) is 12.2 Å². The maximum absolute atomic E-state index is 13.8. The average molecular weight is 701 g/mol. The van der Waals surface area contributed by atoms with E-state index in [0.717, 1.165) is 29.1 Å². The van der Waals surface area contributed by atoms with Crippen molar-refractivity contribution in [2.45, 2.75) is 22.7 Å². The molecule has 44 heavy (non-hydrogen) atoms. The van der Waals surface area contributed by atoms with Gasteiger partial charge in [-0.1, -0.05) is 28.7 Å². The molecule has 2 aliphatic heterocycles. The number of carbonyl (C=O) groups is 3. The Hall–Kier alpha value is -3.27. The predicted octanol–water partition coefficient (Wildman–Crippen LogP) is -0.102. The van der Waals surface area contributed by atoms with Crippen LogP contribution in [0, 0.1) is 5.21 Å². The number of β-lactam (4-membered cyclic amide) rings is 1. The molecule has 4 N–H and O–H groups in total. The predicted molar refractivity (Wildman–Crippen MR) is 157 cm³/mol. The maximum atomic E-state index is 13.8. The number of nitrogens with zero attached hydrogens (tertiary/aromatic N) is 6. The smallest absolute Gasteiger partial charge is 0.429 e. The zero-order chi connectivity index (χ0) is 31.8. The summed E-state index contributed by atoms with van der Waals surface area (Å²) in [4.78, 5) is 70.1. The number of aliphatic carboxylic acids is 1. The number of thioether (sulfide) groups is 2. The summed E-state index contributed by atoms with van der Waals surface area (Å²) in [5.74, 6) is -4.33. The molecule has 0 aliphatic carbocycles. The van der Waals surface area contributed by atoms with Gasteiger partial charge in [-0.05, 0) is 6.92 Å². The Morgan fingerprint density at radius 2 is 2.05 bits per heavy atom. The van der Waals surface area contributed by atoms with Gasteiger partial charge in [-0.15, -0.1) is 11.3 Å². The zero-order valence-corrected chi connectivity index (χ0v) is 26.6. The van der Waals surface area contributed by atoms with Crippen molar-refractivity contribution < 1.29 is 47.9 Å². The Kier molecular flexibility index (Phi) is 9.21. The SMILES string of the molecule is CCO/N=C(\C(=O)N[C@@H]1C(=O)[N+]2([O-])C(C(=O)[O-])=C(Sc3nc(-c4cc[n+](C)cc4)cs3)CS[C@H]12)c1nsc(NP(=O)(O)O)n1. The van der Waals surface area contributed by atoms with Crippen molar-refractivity contribution in [2.75, 3.05) is 17.4 Å². The zero-order valence-electron chi connectivity index (χ0n) is 22.5. The molecule has 1 saturated heterocycles. The van der Waals surface area contributed by atoms with E-state index in [0.29, 0.717) is 21.6 Å². The molecule has 2 aliphatic rings. The summed E-state index contributed by atoms with van der Waals surface area (Å²) in [5, 5.41) is 34.1. The van der Waals surface area contributed by atoms with E-state index >= 15 is 0 Å². The standard InChI is InChI=1S/C22H21N8O9PS4/c1-3-39-26-13(16-25-21(44-28-16)27-40(36,37)38)17(31)24-14-18(32)30(35)15(20(33)34)12(9-41-19(14)30)43-22-23-11(8-42-22)10-4-6-29(2)7-5-10/h4-8,14,19H,3,9H2,1-2H3,(H4-,24,25,27,28,31,33,34,36,37,38)/b26-13-/t14-,19-,30?/m1/s1. The van der Waals surface area contributed by atoms with Crippen LogP contribution >= 0.6 is 54.1 Å². The highest BCUT2D eigenvalue weighted by Crippen LogP contribution is 2.50. The second-order valence-corrected chi connectivity index (χ2v) is 14.4. The third-order valence-corrected chi connectivity index (χ3v) is 10.9. The van der Waals surface area contributed by atoms with Gasteiger partial charge in [-0.3, -0.25) is 9.88 Å². The number of carboxylic acid groups (broad SMARTS) is 1. The molecule has 3 aromatic rings. The van der Waals surface area contributed by atoms with Crippen LogP contribution < -0.4 is 20.1 Å². The lowest BCUT2D eigenvalue weighted by Crippen LogP contribution is -2.79. The minimum Gasteiger partial charge on any atom is -0.619 e. The van der Waals surface area contributed by atoms with E-state index in [-0.39, 0.29) is 28.2 Å². The first-order chi connectivity index (χ1) is 20.8. The molecule has 0 radical (unpaired) electrons. The van der Waals surface area contributed by atoms with Crippen molar-refractivity contribution in [1.29, 1.82) is 0 Å². The first-order valence-corrected chi connectivity index (χ1v) is 17.4. The van der Waals surface area contributed by atoms with Crippen LogP contribution in [-0.2, 0) is 30.8 Å². The number of fused-ring (bicyclic) bond motifs is 1. The number of hydroxylamine groups is 3. The van der Waals surface area contributed by atoms with Crippen molar-refractivity contribution >= 4 is 82.8 Å². The monoisotopic (exact) mass is 700 g/mol. The van der Waals surface area contributed by atoms with Gasteiger partial charge in [0.15, 0.2) is 27.8 Å². The number of rotatable bonds is 11. The number of carboxylic acids is 1. The first-order valence-electron chi connectivity index (χ1n) is 12.3. The highest BCUT2D eigenvalue weighted by molar-refractivity contribution is 8.07. The summed E-state index contributed by atoms with van der Waals surface area (Å²) in [6.07, 6.45) is 3.71. The fraction of sp³-hybridized carbons (Fsp3) is 0.273. The Morgan fingerprint density at radius 1 is 1.32 bits per heavy atom. The minimum atomic E-state index is -4.72. The number of aromatic nitrogens is 4. The van der Waals surface area contributed by atoms with Crippen LogP contribution in [0.1, 0.15) is 12.7 Å². The number of carbonyl (C=O) groups excluding carboxylic acids is 3. The lowest BCUT2D eigenvalue weighted by Gasteiger charge is -2.58. The van der Waals surface area contributed by atoms with Gasteiger partial charge < -0.3 is 35.0 Å². The number of hydrogen-bond donors (Lipinski definition) is 4. The van der Waals surface area contributed by atoms with E-state index in [1.54, 1.807) is 12.3 Å². The number of nitrogens with one attached hydrogen (secondary N) is 2. The molecular formula is C22H21N8O9PS4. The maximum Gasteiger partial charge on any atom is 0.429 e. The average Bonchev–Trinajstić information content (AvgIpc) is 3.61. The van der Waals surface area contributed by atoms with Crippen LogP contribution in [-0.4, -0.2) is 76.0 Å². The summed E-state index contributed by atoms with van der Waals surface area (Å²) in [7, 11) is -2.84. The van der Waals surface area contributed by atoms with Crippen molar-refractivity contribution in [1.82, 2.24) is 19.7 Å². The molecule has 0 spiro atoms. The van der Waals surface area contributed by atoms with Crippen LogP contribution in [0.5, 0.6) is 0 Å². The molecule has 3 atom stereocenters. The Balaban J connectivity index is 1.35. The molecule has 0 bridgehead atoms. The highest BCUT2D eigenvalue weighted by atomic mass is 32.2. The molecule has 0 aromatic carbocycles. The third kappa shape index (κ3) is 6.41. The first kappa shape index (κ1) is 32.1. The van der Waals surface area contributed by atoms with E-state index in [4.69, 9.17) is 14.6 Å². The number of pyridine rings is 1. The van der Waals surface area contributed by atoms with Crippen LogP contribution in [0.4, 0.5) is 5.13 Å². The van der Waals surface area contributed by atoms with E-state index in [1.807, 2.05) is 41.2 Å².